The average molecular weight is 254 g/mol. The first kappa shape index (κ1) is 11.7. The van der Waals surface area contributed by atoms with Crippen LogP contribution in [0.1, 0.15) is 16.1 Å². The van der Waals surface area contributed by atoms with E-state index in [0.717, 1.165) is 0 Å². The van der Waals surface area contributed by atoms with Crippen LogP contribution in [-0.2, 0) is 0 Å². The zero-order valence-electron chi connectivity index (χ0n) is 8.96. The lowest BCUT2D eigenvalue weighted by atomic mass is 10.2. The third-order valence-electron chi connectivity index (χ3n) is 2.27. The molecule has 0 aliphatic heterocycles. The third kappa shape index (κ3) is 2.31. The monoisotopic (exact) mass is 253 g/mol. The zero-order chi connectivity index (χ0) is 12.4. The molecule has 0 saturated carbocycles. The molecule has 0 spiro atoms. The summed E-state index contributed by atoms with van der Waals surface area (Å²) in [6.45, 7) is 1.73. The summed E-state index contributed by atoms with van der Waals surface area (Å²) in [5.74, 6) is -1.01. The Morgan fingerprint density at radius 3 is 2.82 bits per heavy atom. The highest BCUT2D eigenvalue weighted by molar-refractivity contribution is 6.31. The number of halogens is 2. The number of anilines is 1. The molecule has 0 atom stereocenters. The van der Waals surface area contributed by atoms with Gasteiger partial charge in [0.15, 0.2) is 11.6 Å². The highest BCUT2D eigenvalue weighted by atomic mass is 35.5. The maximum absolute atomic E-state index is 13.5. The maximum atomic E-state index is 13.5. The molecule has 0 aliphatic rings. The average Bonchev–Trinajstić information content (AvgIpc) is 2.71. The second-order valence-corrected chi connectivity index (χ2v) is 3.90. The molecule has 2 aromatic rings. The molecule has 0 fully saturated rings. The number of aryl methyl sites for hydroxylation is 1. The second kappa shape index (κ2) is 4.59. The lowest BCUT2D eigenvalue weighted by molar-refractivity contribution is 0.0995. The van der Waals surface area contributed by atoms with Gasteiger partial charge in [0.05, 0.1) is 17.0 Å². The Kier molecular flexibility index (Phi) is 3.15. The summed E-state index contributed by atoms with van der Waals surface area (Å²) in [5.41, 5.74) is 0.711. The maximum Gasteiger partial charge on any atom is 0.291 e. The molecule has 3 nitrogen and oxygen atoms in total. The van der Waals surface area contributed by atoms with E-state index in [1.54, 1.807) is 19.1 Å². The van der Waals surface area contributed by atoms with Crippen LogP contribution in [0.5, 0.6) is 0 Å². The fourth-order valence-corrected chi connectivity index (χ4v) is 1.56. The normalized spacial score (nSPS) is 10.3. The van der Waals surface area contributed by atoms with Gasteiger partial charge in [0.2, 0.25) is 0 Å². The summed E-state index contributed by atoms with van der Waals surface area (Å²) in [5, 5.41) is 2.36. The molecule has 0 bridgehead atoms. The largest absolute Gasteiger partial charge is 0.459 e. The van der Waals surface area contributed by atoms with Crippen molar-refractivity contribution in [2.45, 2.75) is 6.92 Å². The number of carbonyl (C=O) groups excluding carboxylic acids is 1. The van der Waals surface area contributed by atoms with E-state index in [2.05, 4.69) is 5.32 Å². The van der Waals surface area contributed by atoms with Gasteiger partial charge in [-0.1, -0.05) is 17.7 Å². The number of benzene rings is 1. The van der Waals surface area contributed by atoms with Gasteiger partial charge in [-0.25, -0.2) is 4.39 Å². The van der Waals surface area contributed by atoms with E-state index < -0.39 is 11.7 Å². The minimum absolute atomic E-state index is 0.0262. The Morgan fingerprint density at radius 1 is 1.41 bits per heavy atom. The summed E-state index contributed by atoms with van der Waals surface area (Å²) >= 11 is 5.60. The van der Waals surface area contributed by atoms with E-state index in [1.807, 2.05) is 0 Å². The lowest BCUT2D eigenvalue weighted by Gasteiger charge is -2.05. The Balaban J connectivity index is 2.25. The molecular formula is C12H9ClFNO2. The van der Waals surface area contributed by atoms with Gasteiger partial charge >= 0.3 is 0 Å². The van der Waals surface area contributed by atoms with Crippen LogP contribution in [0, 0.1) is 12.7 Å². The number of nitrogens with one attached hydrogen (secondary N) is 1. The van der Waals surface area contributed by atoms with Crippen molar-refractivity contribution < 1.29 is 13.6 Å². The fraction of sp³-hybridized carbons (Fsp3) is 0.0833. The fourth-order valence-electron chi connectivity index (χ4n) is 1.38. The van der Waals surface area contributed by atoms with Crippen molar-refractivity contribution in [3.05, 3.63) is 52.7 Å². The van der Waals surface area contributed by atoms with E-state index in [4.69, 9.17) is 16.0 Å². The van der Waals surface area contributed by atoms with Gasteiger partial charge in [-0.05, 0) is 25.1 Å². The molecule has 5 heteroatoms. The molecule has 2 rings (SSSR count). The highest BCUT2D eigenvalue weighted by Gasteiger charge is 2.15. The summed E-state index contributed by atoms with van der Waals surface area (Å²) in [6.07, 6.45) is 1.40. The highest BCUT2D eigenvalue weighted by Crippen LogP contribution is 2.23. The Bertz CT molecular complexity index is 565. The predicted octanol–water partition coefficient (Wildman–Crippen LogP) is 3.63. The van der Waals surface area contributed by atoms with Gasteiger partial charge in [0, 0.05) is 5.56 Å². The number of hydrogen-bond donors (Lipinski definition) is 1. The lowest BCUT2D eigenvalue weighted by Crippen LogP contribution is -2.13. The van der Waals surface area contributed by atoms with E-state index in [1.165, 1.54) is 18.4 Å². The van der Waals surface area contributed by atoms with Crippen LogP contribution >= 0.6 is 11.6 Å². The molecule has 0 radical (unpaired) electrons. The van der Waals surface area contributed by atoms with Gasteiger partial charge in [0.25, 0.3) is 5.91 Å². The Labute approximate surface area is 102 Å². The van der Waals surface area contributed by atoms with Crippen LogP contribution in [0.4, 0.5) is 10.1 Å². The van der Waals surface area contributed by atoms with Crippen molar-refractivity contribution in [3.63, 3.8) is 0 Å². The van der Waals surface area contributed by atoms with Crippen molar-refractivity contribution in [2.75, 3.05) is 5.32 Å². The quantitative estimate of drug-likeness (QED) is 0.888. The summed E-state index contributed by atoms with van der Waals surface area (Å²) in [6, 6.07) is 6.04. The van der Waals surface area contributed by atoms with Gasteiger partial charge in [-0.3, -0.25) is 4.79 Å². The van der Waals surface area contributed by atoms with Crippen LogP contribution in [0.3, 0.4) is 0 Å². The number of hydrogen-bond acceptors (Lipinski definition) is 2. The molecule has 88 valence electrons. The van der Waals surface area contributed by atoms with E-state index >= 15 is 0 Å². The van der Waals surface area contributed by atoms with Gasteiger partial charge in [-0.2, -0.15) is 0 Å². The molecule has 1 heterocycles. The van der Waals surface area contributed by atoms with E-state index in [0.29, 0.717) is 5.56 Å². The number of rotatable bonds is 2. The van der Waals surface area contributed by atoms with Gasteiger partial charge in [-0.15, -0.1) is 0 Å². The molecular weight excluding hydrogens is 245 g/mol. The van der Waals surface area contributed by atoms with E-state index in [9.17, 15) is 9.18 Å². The van der Waals surface area contributed by atoms with Gasteiger partial charge in [0.1, 0.15) is 0 Å². The third-order valence-corrected chi connectivity index (χ3v) is 2.56. The molecule has 0 unspecified atom stereocenters. The van der Waals surface area contributed by atoms with Crippen molar-refractivity contribution in [1.82, 2.24) is 0 Å². The van der Waals surface area contributed by atoms with Crippen LogP contribution in [0.2, 0.25) is 5.02 Å². The summed E-state index contributed by atoms with van der Waals surface area (Å²) in [4.78, 5) is 11.7. The topological polar surface area (TPSA) is 42.2 Å². The number of furan rings is 1. The minimum Gasteiger partial charge on any atom is -0.459 e. The number of amides is 1. The van der Waals surface area contributed by atoms with Crippen molar-refractivity contribution in [3.8, 4) is 0 Å². The molecule has 1 aromatic heterocycles. The Hall–Kier alpha value is -1.81. The first-order valence-electron chi connectivity index (χ1n) is 4.89. The number of carbonyl (C=O) groups is 1. The first-order chi connectivity index (χ1) is 8.09. The van der Waals surface area contributed by atoms with Crippen LogP contribution in [0.15, 0.2) is 34.9 Å². The van der Waals surface area contributed by atoms with Crippen molar-refractivity contribution in [2.24, 2.45) is 0 Å². The van der Waals surface area contributed by atoms with Crippen LogP contribution in [-0.4, -0.2) is 5.91 Å². The second-order valence-electron chi connectivity index (χ2n) is 3.49. The van der Waals surface area contributed by atoms with Gasteiger partial charge < -0.3 is 9.73 Å². The summed E-state index contributed by atoms with van der Waals surface area (Å²) < 4.78 is 18.5. The smallest absolute Gasteiger partial charge is 0.291 e. The molecule has 17 heavy (non-hydrogen) atoms. The Morgan fingerprint density at radius 2 is 2.18 bits per heavy atom. The molecule has 0 aliphatic carbocycles. The van der Waals surface area contributed by atoms with E-state index in [-0.39, 0.29) is 16.5 Å². The van der Waals surface area contributed by atoms with Crippen LogP contribution in [0.25, 0.3) is 0 Å². The summed E-state index contributed by atoms with van der Waals surface area (Å²) in [7, 11) is 0. The van der Waals surface area contributed by atoms with Crippen molar-refractivity contribution >= 4 is 23.2 Å². The SMILES string of the molecule is Cc1ccoc1C(=O)Nc1cccc(Cl)c1F. The molecule has 0 saturated heterocycles. The van der Waals surface area contributed by atoms with Crippen LogP contribution < -0.4 is 5.32 Å². The minimum atomic E-state index is -0.660. The molecule has 1 aromatic carbocycles. The first-order valence-corrected chi connectivity index (χ1v) is 5.27. The zero-order valence-corrected chi connectivity index (χ0v) is 9.72. The van der Waals surface area contributed by atoms with Crippen molar-refractivity contribution in [1.29, 1.82) is 0 Å². The molecule has 1 amide bonds. The predicted molar refractivity (Wildman–Crippen MR) is 62.8 cm³/mol. The molecule has 1 N–H and O–H groups in total. The standard InChI is InChI=1S/C12H9ClFNO2/c1-7-5-6-17-11(7)12(16)15-9-4-2-3-8(13)10(9)14/h2-6H,1H3,(H,15,16).